The summed E-state index contributed by atoms with van der Waals surface area (Å²) in [5, 5.41) is 33.3. The SMILES string of the molecule is CCCCCCCCCCCCCCCCCCCCCCCC(O)C(=O)NC(CO)C(O)CCCCCCCCCCCCCCCC. The van der Waals surface area contributed by atoms with Crippen LogP contribution in [0, 0.1) is 0 Å². The van der Waals surface area contributed by atoms with Crippen LogP contribution in [0.15, 0.2) is 0 Å². The zero-order valence-corrected chi connectivity index (χ0v) is 33.4. The molecule has 5 nitrogen and oxygen atoms in total. The third kappa shape index (κ3) is 35.5. The molecule has 0 aromatic carbocycles. The van der Waals surface area contributed by atoms with Crippen molar-refractivity contribution in [3.05, 3.63) is 0 Å². The lowest BCUT2D eigenvalue weighted by atomic mass is 10.0. The number of unbranched alkanes of at least 4 members (excludes halogenated alkanes) is 33. The van der Waals surface area contributed by atoms with Crippen LogP contribution in [0.25, 0.3) is 0 Å². The maximum atomic E-state index is 12.5. The number of nitrogens with one attached hydrogen (secondary N) is 1. The van der Waals surface area contributed by atoms with Gasteiger partial charge in [-0.05, 0) is 12.8 Å². The third-order valence-electron chi connectivity index (χ3n) is 10.7. The molecule has 0 rings (SSSR count). The van der Waals surface area contributed by atoms with E-state index in [4.69, 9.17) is 0 Å². The highest BCUT2D eigenvalue weighted by Crippen LogP contribution is 2.17. The summed E-state index contributed by atoms with van der Waals surface area (Å²) in [4.78, 5) is 12.5. The first-order valence-corrected chi connectivity index (χ1v) is 22.3. The van der Waals surface area contributed by atoms with Crippen LogP contribution >= 0.6 is 0 Å². The number of aliphatic hydroxyl groups is 3. The molecular formula is C44H89NO4. The Morgan fingerprint density at radius 3 is 0.918 bits per heavy atom. The van der Waals surface area contributed by atoms with Crippen molar-refractivity contribution < 1.29 is 20.1 Å². The molecule has 4 N–H and O–H groups in total. The van der Waals surface area contributed by atoms with Gasteiger partial charge >= 0.3 is 0 Å². The largest absolute Gasteiger partial charge is 0.394 e. The van der Waals surface area contributed by atoms with Gasteiger partial charge in [-0.15, -0.1) is 0 Å². The molecule has 294 valence electrons. The summed E-state index contributed by atoms with van der Waals surface area (Å²) in [5.41, 5.74) is 0. The Bertz CT molecular complexity index is 644. The molecule has 0 saturated heterocycles. The fraction of sp³-hybridized carbons (Fsp3) is 0.977. The van der Waals surface area contributed by atoms with Crippen molar-refractivity contribution in [2.75, 3.05) is 6.61 Å². The van der Waals surface area contributed by atoms with Crippen molar-refractivity contribution in [3.63, 3.8) is 0 Å². The van der Waals surface area contributed by atoms with Crippen LogP contribution in [0.1, 0.15) is 251 Å². The molecule has 0 spiro atoms. The van der Waals surface area contributed by atoms with Gasteiger partial charge in [-0.25, -0.2) is 0 Å². The minimum Gasteiger partial charge on any atom is -0.394 e. The van der Waals surface area contributed by atoms with Crippen molar-refractivity contribution >= 4 is 5.91 Å². The quantitative estimate of drug-likeness (QED) is 0.0479. The summed E-state index contributed by atoms with van der Waals surface area (Å²) in [6, 6.07) is -0.705. The molecule has 3 unspecified atom stereocenters. The smallest absolute Gasteiger partial charge is 0.249 e. The molecule has 3 atom stereocenters. The fourth-order valence-corrected chi connectivity index (χ4v) is 7.19. The Hall–Kier alpha value is -0.650. The Morgan fingerprint density at radius 2 is 0.653 bits per heavy atom. The highest BCUT2D eigenvalue weighted by molar-refractivity contribution is 5.80. The van der Waals surface area contributed by atoms with Gasteiger partial charge in [0.1, 0.15) is 6.10 Å². The van der Waals surface area contributed by atoms with E-state index in [0.29, 0.717) is 12.8 Å². The summed E-state index contributed by atoms with van der Waals surface area (Å²) in [5.74, 6) is -0.466. The molecule has 49 heavy (non-hydrogen) atoms. The van der Waals surface area contributed by atoms with Gasteiger partial charge in [-0.1, -0.05) is 239 Å². The number of carbonyl (C=O) groups excluding carboxylic acids is 1. The van der Waals surface area contributed by atoms with Crippen LogP contribution in [0.4, 0.5) is 0 Å². The van der Waals surface area contributed by atoms with E-state index in [2.05, 4.69) is 19.2 Å². The highest BCUT2D eigenvalue weighted by Gasteiger charge is 2.23. The van der Waals surface area contributed by atoms with E-state index in [1.54, 1.807) is 0 Å². The zero-order chi connectivity index (χ0) is 35.9. The second-order valence-electron chi connectivity index (χ2n) is 15.6. The second-order valence-corrected chi connectivity index (χ2v) is 15.6. The monoisotopic (exact) mass is 696 g/mol. The lowest BCUT2D eigenvalue weighted by molar-refractivity contribution is -0.131. The minimum absolute atomic E-state index is 0.308. The summed E-state index contributed by atoms with van der Waals surface area (Å²) in [6.07, 6.45) is 45.3. The Kier molecular flexibility index (Phi) is 39.6. The number of carbonyl (C=O) groups is 1. The second kappa shape index (κ2) is 40.1. The van der Waals surface area contributed by atoms with E-state index < -0.39 is 24.2 Å². The van der Waals surface area contributed by atoms with E-state index in [1.165, 1.54) is 193 Å². The number of aliphatic hydroxyl groups excluding tert-OH is 3. The molecule has 5 heteroatoms. The molecule has 0 fully saturated rings. The van der Waals surface area contributed by atoms with Gasteiger partial charge in [-0.2, -0.15) is 0 Å². The van der Waals surface area contributed by atoms with Crippen molar-refractivity contribution in [1.82, 2.24) is 5.32 Å². The van der Waals surface area contributed by atoms with Crippen molar-refractivity contribution in [3.8, 4) is 0 Å². The first-order valence-electron chi connectivity index (χ1n) is 22.3. The molecule has 0 aromatic heterocycles. The Balaban J connectivity index is 3.56. The molecular weight excluding hydrogens is 606 g/mol. The number of hydrogen-bond donors (Lipinski definition) is 4. The number of hydrogen-bond acceptors (Lipinski definition) is 4. The topological polar surface area (TPSA) is 89.8 Å². The molecule has 0 aliphatic carbocycles. The van der Waals surface area contributed by atoms with E-state index in [1.807, 2.05) is 0 Å². The average Bonchev–Trinajstić information content (AvgIpc) is 3.11. The lowest BCUT2D eigenvalue weighted by Crippen LogP contribution is -2.49. The van der Waals surface area contributed by atoms with Gasteiger partial charge < -0.3 is 20.6 Å². The summed E-state index contributed by atoms with van der Waals surface area (Å²) in [6.45, 7) is 4.25. The van der Waals surface area contributed by atoms with Crippen LogP contribution in [-0.2, 0) is 4.79 Å². The van der Waals surface area contributed by atoms with E-state index in [9.17, 15) is 20.1 Å². The Labute approximate surface area is 307 Å². The Morgan fingerprint density at radius 1 is 0.408 bits per heavy atom. The molecule has 0 aliphatic rings. The summed E-state index contributed by atoms with van der Waals surface area (Å²) in [7, 11) is 0. The van der Waals surface area contributed by atoms with Crippen LogP contribution < -0.4 is 5.32 Å². The van der Waals surface area contributed by atoms with E-state index in [-0.39, 0.29) is 6.61 Å². The fourth-order valence-electron chi connectivity index (χ4n) is 7.19. The normalized spacial score (nSPS) is 13.5. The lowest BCUT2D eigenvalue weighted by Gasteiger charge is -2.23. The highest BCUT2D eigenvalue weighted by atomic mass is 16.3. The first kappa shape index (κ1) is 48.3. The molecule has 0 radical (unpaired) electrons. The number of amides is 1. The van der Waals surface area contributed by atoms with Gasteiger partial charge in [0.15, 0.2) is 0 Å². The van der Waals surface area contributed by atoms with Crippen LogP contribution in [0.5, 0.6) is 0 Å². The van der Waals surface area contributed by atoms with E-state index in [0.717, 1.165) is 32.1 Å². The maximum Gasteiger partial charge on any atom is 0.249 e. The van der Waals surface area contributed by atoms with E-state index >= 15 is 0 Å². The van der Waals surface area contributed by atoms with Crippen molar-refractivity contribution in [1.29, 1.82) is 0 Å². The predicted octanol–water partition coefficient (Wildman–Crippen LogP) is 12.7. The van der Waals surface area contributed by atoms with Gasteiger partial charge in [0, 0.05) is 0 Å². The maximum absolute atomic E-state index is 12.5. The third-order valence-corrected chi connectivity index (χ3v) is 10.7. The van der Waals surface area contributed by atoms with Gasteiger partial charge in [-0.3, -0.25) is 4.79 Å². The predicted molar refractivity (Wildman–Crippen MR) is 213 cm³/mol. The standard InChI is InChI=1S/C44H89NO4/c1-3-5-7-9-11-13-15-17-19-20-21-22-23-24-25-27-29-31-33-35-37-39-43(48)44(49)45-41(40-46)42(47)38-36-34-32-30-28-26-18-16-14-12-10-8-6-4-2/h41-43,46-48H,3-40H2,1-2H3,(H,45,49). The molecule has 1 amide bonds. The van der Waals surface area contributed by atoms with Gasteiger partial charge in [0.2, 0.25) is 5.91 Å². The van der Waals surface area contributed by atoms with Crippen LogP contribution in [0.3, 0.4) is 0 Å². The number of rotatable bonds is 41. The van der Waals surface area contributed by atoms with Crippen LogP contribution in [-0.4, -0.2) is 46.1 Å². The average molecular weight is 696 g/mol. The van der Waals surface area contributed by atoms with Gasteiger partial charge in [0.25, 0.3) is 0 Å². The van der Waals surface area contributed by atoms with Crippen molar-refractivity contribution in [2.24, 2.45) is 0 Å². The minimum atomic E-state index is -1.07. The van der Waals surface area contributed by atoms with Crippen LogP contribution in [0.2, 0.25) is 0 Å². The van der Waals surface area contributed by atoms with Crippen molar-refractivity contribution in [2.45, 2.75) is 270 Å². The first-order chi connectivity index (χ1) is 24.1. The molecule has 0 heterocycles. The molecule has 0 aromatic rings. The molecule has 0 saturated carbocycles. The zero-order valence-electron chi connectivity index (χ0n) is 33.4. The summed E-state index contributed by atoms with van der Waals surface area (Å²) >= 11 is 0. The summed E-state index contributed by atoms with van der Waals surface area (Å²) < 4.78 is 0. The molecule has 0 aliphatic heterocycles. The molecule has 0 bridgehead atoms. The van der Waals surface area contributed by atoms with Gasteiger partial charge in [0.05, 0.1) is 18.8 Å².